The zero-order valence-corrected chi connectivity index (χ0v) is 13.0. The highest BCUT2D eigenvalue weighted by Gasteiger charge is 2.39. The topological polar surface area (TPSA) is 82.3 Å². The van der Waals surface area contributed by atoms with Crippen LogP contribution >= 0.6 is 0 Å². The Morgan fingerprint density at radius 1 is 1.59 bits per heavy atom. The van der Waals surface area contributed by atoms with Gasteiger partial charge >= 0.3 is 0 Å². The van der Waals surface area contributed by atoms with Gasteiger partial charge in [0, 0.05) is 11.5 Å². The molecule has 0 spiro atoms. The second kappa shape index (κ2) is 6.80. The van der Waals surface area contributed by atoms with Crippen molar-refractivity contribution >= 4 is 5.91 Å². The number of nitrogens with one attached hydrogen (secondary N) is 1. The Hall–Kier alpha value is -2.06. The highest BCUT2D eigenvalue weighted by atomic mass is 16.5. The Kier molecular flexibility index (Phi) is 5.04. The van der Waals surface area contributed by atoms with Gasteiger partial charge in [0.25, 0.3) is 5.91 Å². The van der Waals surface area contributed by atoms with Gasteiger partial charge in [-0.15, -0.1) is 0 Å². The first kappa shape index (κ1) is 16.3. The molecular formula is C17H22N2O3. The van der Waals surface area contributed by atoms with E-state index in [9.17, 15) is 9.90 Å². The van der Waals surface area contributed by atoms with Gasteiger partial charge in [-0.05, 0) is 31.9 Å². The van der Waals surface area contributed by atoms with Crippen molar-refractivity contribution in [2.75, 3.05) is 6.61 Å². The summed E-state index contributed by atoms with van der Waals surface area (Å²) in [5, 5.41) is 21.5. The van der Waals surface area contributed by atoms with E-state index in [0.29, 0.717) is 11.3 Å². The molecule has 3 unspecified atom stereocenters. The fourth-order valence-corrected chi connectivity index (χ4v) is 2.86. The molecule has 0 aliphatic heterocycles. The number of hydrogen-bond acceptors (Lipinski definition) is 4. The molecule has 118 valence electrons. The molecule has 0 bridgehead atoms. The van der Waals surface area contributed by atoms with E-state index in [1.807, 2.05) is 13.0 Å². The Labute approximate surface area is 130 Å². The van der Waals surface area contributed by atoms with Gasteiger partial charge < -0.3 is 15.2 Å². The molecule has 1 aromatic carbocycles. The molecule has 5 heteroatoms. The average molecular weight is 302 g/mol. The average Bonchev–Trinajstić information content (AvgIpc) is 2.89. The van der Waals surface area contributed by atoms with Crippen molar-refractivity contribution in [3.05, 3.63) is 29.8 Å². The second-order valence-corrected chi connectivity index (χ2v) is 6.13. The minimum Gasteiger partial charge on any atom is -0.480 e. The molecule has 22 heavy (non-hydrogen) atoms. The minimum absolute atomic E-state index is 0.0396. The summed E-state index contributed by atoms with van der Waals surface area (Å²) in [7, 11) is 0. The third-order valence-corrected chi connectivity index (χ3v) is 4.44. The smallest absolute Gasteiger partial charge is 0.261 e. The first-order valence-electron chi connectivity index (χ1n) is 7.57. The maximum atomic E-state index is 12.3. The molecule has 2 N–H and O–H groups in total. The highest BCUT2D eigenvalue weighted by molar-refractivity contribution is 5.81. The van der Waals surface area contributed by atoms with Crippen molar-refractivity contribution in [3.63, 3.8) is 0 Å². The Balaban J connectivity index is 2.00. The van der Waals surface area contributed by atoms with Gasteiger partial charge in [0.05, 0.1) is 12.2 Å². The van der Waals surface area contributed by atoms with Crippen LogP contribution in [0, 0.1) is 16.7 Å². The number of ether oxygens (including phenoxy) is 1. The van der Waals surface area contributed by atoms with Crippen molar-refractivity contribution in [2.24, 2.45) is 5.41 Å². The van der Waals surface area contributed by atoms with Gasteiger partial charge in [-0.1, -0.05) is 25.5 Å². The van der Waals surface area contributed by atoms with E-state index in [1.54, 1.807) is 31.2 Å². The largest absolute Gasteiger partial charge is 0.480 e. The lowest BCUT2D eigenvalue weighted by molar-refractivity contribution is -0.128. The minimum atomic E-state index is -0.696. The summed E-state index contributed by atoms with van der Waals surface area (Å²) in [6, 6.07) is 8.85. The number of para-hydroxylation sites is 1. The van der Waals surface area contributed by atoms with E-state index >= 15 is 0 Å². The number of hydrogen-bond donors (Lipinski definition) is 2. The van der Waals surface area contributed by atoms with E-state index in [0.717, 1.165) is 19.3 Å². The van der Waals surface area contributed by atoms with Gasteiger partial charge in [-0.25, -0.2) is 0 Å². The van der Waals surface area contributed by atoms with E-state index in [4.69, 9.17) is 10.00 Å². The molecule has 3 atom stereocenters. The normalized spacial score (nSPS) is 25.3. The van der Waals surface area contributed by atoms with Crippen molar-refractivity contribution in [2.45, 2.75) is 45.3 Å². The fourth-order valence-electron chi connectivity index (χ4n) is 2.86. The van der Waals surface area contributed by atoms with Gasteiger partial charge in [-0.3, -0.25) is 4.79 Å². The highest BCUT2D eigenvalue weighted by Crippen LogP contribution is 2.37. The van der Waals surface area contributed by atoms with Crippen molar-refractivity contribution in [1.82, 2.24) is 5.32 Å². The Bertz CT molecular complexity index is 582. The number of rotatable bonds is 5. The Morgan fingerprint density at radius 2 is 2.32 bits per heavy atom. The number of benzene rings is 1. The van der Waals surface area contributed by atoms with Gasteiger partial charge in [-0.2, -0.15) is 5.26 Å². The van der Waals surface area contributed by atoms with Crippen molar-refractivity contribution in [1.29, 1.82) is 5.26 Å². The molecule has 1 fully saturated rings. The van der Waals surface area contributed by atoms with Crippen LogP contribution in [0.3, 0.4) is 0 Å². The second-order valence-electron chi connectivity index (χ2n) is 6.13. The van der Waals surface area contributed by atoms with Crippen molar-refractivity contribution < 1.29 is 14.6 Å². The third kappa shape index (κ3) is 3.40. The third-order valence-electron chi connectivity index (χ3n) is 4.44. The summed E-state index contributed by atoms with van der Waals surface area (Å²) in [6.07, 6.45) is 2.07. The lowest BCUT2D eigenvalue weighted by Crippen LogP contribution is -2.48. The number of carbonyl (C=O) groups excluding carboxylic acids is 1. The standard InChI is InChI=1S/C17H22N2O3/c1-12(22-14-7-4-3-6-13(14)10-18)16(21)19-15-8-5-9-17(15,2)11-20/h3-4,6-7,12,15,20H,5,8-9,11H2,1-2H3,(H,19,21). The molecule has 0 aromatic heterocycles. The van der Waals surface area contributed by atoms with E-state index in [1.165, 1.54) is 0 Å². The lowest BCUT2D eigenvalue weighted by atomic mass is 9.85. The van der Waals surface area contributed by atoms with Crippen LogP contribution in [-0.2, 0) is 4.79 Å². The number of nitrogens with zero attached hydrogens (tertiary/aromatic N) is 1. The molecule has 2 rings (SSSR count). The molecule has 1 aliphatic rings. The molecule has 1 aliphatic carbocycles. The van der Waals surface area contributed by atoms with E-state index < -0.39 is 6.10 Å². The maximum absolute atomic E-state index is 12.3. The summed E-state index contributed by atoms with van der Waals surface area (Å²) in [5.41, 5.74) is 0.142. The van der Waals surface area contributed by atoms with E-state index in [2.05, 4.69) is 5.32 Å². The van der Waals surface area contributed by atoms with Crippen LogP contribution in [0.15, 0.2) is 24.3 Å². The van der Waals surface area contributed by atoms with Gasteiger partial charge in [0.1, 0.15) is 11.8 Å². The van der Waals surface area contributed by atoms with Crippen LogP contribution in [0.5, 0.6) is 5.75 Å². The molecule has 1 aromatic rings. The number of nitriles is 1. The summed E-state index contributed by atoms with van der Waals surface area (Å²) >= 11 is 0. The molecule has 0 radical (unpaired) electrons. The lowest BCUT2D eigenvalue weighted by Gasteiger charge is -2.31. The van der Waals surface area contributed by atoms with Crippen LogP contribution in [0.2, 0.25) is 0 Å². The van der Waals surface area contributed by atoms with Crippen molar-refractivity contribution in [3.8, 4) is 11.8 Å². The number of carbonyl (C=O) groups is 1. The van der Waals surface area contributed by atoms with Crippen LogP contribution < -0.4 is 10.1 Å². The van der Waals surface area contributed by atoms with Gasteiger partial charge in [0.2, 0.25) is 0 Å². The first-order chi connectivity index (χ1) is 10.5. The first-order valence-corrected chi connectivity index (χ1v) is 7.57. The zero-order chi connectivity index (χ0) is 16.2. The summed E-state index contributed by atoms with van der Waals surface area (Å²) in [4.78, 5) is 12.3. The predicted molar refractivity (Wildman–Crippen MR) is 82.2 cm³/mol. The van der Waals surface area contributed by atoms with Crippen LogP contribution in [0.4, 0.5) is 0 Å². The maximum Gasteiger partial charge on any atom is 0.261 e. The fraction of sp³-hybridized carbons (Fsp3) is 0.529. The summed E-state index contributed by atoms with van der Waals surface area (Å²) in [6.45, 7) is 3.71. The molecule has 1 saturated carbocycles. The zero-order valence-electron chi connectivity index (χ0n) is 13.0. The summed E-state index contributed by atoms with van der Waals surface area (Å²) in [5.74, 6) is 0.184. The van der Waals surface area contributed by atoms with E-state index in [-0.39, 0.29) is 24.0 Å². The van der Waals surface area contributed by atoms with Crippen LogP contribution in [-0.4, -0.2) is 29.8 Å². The Morgan fingerprint density at radius 3 is 3.00 bits per heavy atom. The van der Waals surface area contributed by atoms with Gasteiger partial charge in [0.15, 0.2) is 6.10 Å². The molecule has 0 heterocycles. The molecule has 5 nitrogen and oxygen atoms in total. The van der Waals surface area contributed by atoms with Crippen LogP contribution in [0.1, 0.15) is 38.7 Å². The van der Waals surface area contributed by atoms with Crippen LogP contribution in [0.25, 0.3) is 0 Å². The monoisotopic (exact) mass is 302 g/mol. The molecular weight excluding hydrogens is 280 g/mol. The predicted octanol–water partition coefficient (Wildman–Crippen LogP) is 1.99. The number of aliphatic hydroxyl groups is 1. The molecule has 1 amide bonds. The quantitative estimate of drug-likeness (QED) is 0.871. The summed E-state index contributed by atoms with van der Waals surface area (Å²) < 4.78 is 5.61. The molecule has 0 saturated heterocycles. The SMILES string of the molecule is CC(Oc1ccccc1C#N)C(=O)NC1CCCC1(C)CO. The number of amides is 1. The number of aliphatic hydroxyl groups excluding tert-OH is 1.